The zero-order chi connectivity index (χ0) is 8.55. The van der Waals surface area contributed by atoms with Gasteiger partial charge in [-0.05, 0) is 30.6 Å². The Hall–Kier alpha value is -0.670. The van der Waals surface area contributed by atoms with Crippen LogP contribution >= 0.6 is 11.9 Å². The van der Waals surface area contributed by atoms with Gasteiger partial charge in [-0.25, -0.2) is 4.31 Å². The quantitative estimate of drug-likeness (QED) is 0.616. The zero-order valence-corrected chi connectivity index (χ0v) is 8.02. The van der Waals surface area contributed by atoms with Crippen molar-refractivity contribution in [2.75, 3.05) is 14.2 Å². The summed E-state index contributed by atoms with van der Waals surface area (Å²) < 4.78 is 7.46. The molecule has 1 heterocycles. The Bertz CT molecular complexity index is 301. The highest BCUT2D eigenvalue weighted by molar-refractivity contribution is 7.97. The standard InChI is InChI=1S/C9H11NOS/c1-10-6-7-4-3-5-8(11-2)9(7)12-10/h3-5H,6H2,1-2H3. The molecule has 1 aromatic carbocycles. The van der Waals surface area contributed by atoms with E-state index in [9.17, 15) is 0 Å². The molecule has 0 N–H and O–H groups in total. The summed E-state index contributed by atoms with van der Waals surface area (Å²) >= 11 is 1.75. The average molecular weight is 181 g/mol. The van der Waals surface area contributed by atoms with Gasteiger partial charge >= 0.3 is 0 Å². The van der Waals surface area contributed by atoms with Crippen molar-refractivity contribution in [1.82, 2.24) is 4.31 Å². The number of fused-ring (bicyclic) bond motifs is 1. The molecule has 2 rings (SSSR count). The number of hydrogen-bond donors (Lipinski definition) is 0. The average Bonchev–Trinajstić information content (AvgIpc) is 2.44. The molecule has 2 nitrogen and oxygen atoms in total. The summed E-state index contributed by atoms with van der Waals surface area (Å²) in [7, 11) is 3.80. The van der Waals surface area contributed by atoms with Gasteiger partial charge in [-0.15, -0.1) is 0 Å². The molecule has 0 aliphatic carbocycles. The molecule has 0 spiro atoms. The van der Waals surface area contributed by atoms with E-state index in [0.717, 1.165) is 12.3 Å². The molecule has 12 heavy (non-hydrogen) atoms. The SMILES string of the molecule is COc1cccc2c1SN(C)C2. The molecule has 0 saturated heterocycles. The normalized spacial score (nSPS) is 16.2. The molecule has 1 aliphatic heterocycles. The maximum absolute atomic E-state index is 5.26. The summed E-state index contributed by atoms with van der Waals surface area (Å²) in [5.74, 6) is 0.988. The molecule has 0 amide bonds. The lowest BCUT2D eigenvalue weighted by atomic mass is 10.2. The lowest BCUT2D eigenvalue weighted by Gasteiger charge is -2.04. The summed E-state index contributed by atoms with van der Waals surface area (Å²) in [5, 5.41) is 0. The number of nitrogens with zero attached hydrogens (tertiary/aromatic N) is 1. The highest BCUT2D eigenvalue weighted by Crippen LogP contribution is 2.40. The summed E-state index contributed by atoms with van der Waals surface area (Å²) in [6.07, 6.45) is 0. The fourth-order valence-electron chi connectivity index (χ4n) is 1.38. The Morgan fingerprint density at radius 1 is 1.50 bits per heavy atom. The molecule has 0 unspecified atom stereocenters. The van der Waals surface area contributed by atoms with Crippen LogP contribution in [0.4, 0.5) is 0 Å². The zero-order valence-electron chi connectivity index (χ0n) is 7.20. The van der Waals surface area contributed by atoms with Gasteiger partial charge < -0.3 is 4.74 Å². The first kappa shape index (κ1) is 7.95. The highest BCUT2D eigenvalue weighted by atomic mass is 32.2. The van der Waals surface area contributed by atoms with Gasteiger partial charge in [0.25, 0.3) is 0 Å². The van der Waals surface area contributed by atoms with E-state index in [1.54, 1.807) is 19.1 Å². The second-order valence-corrected chi connectivity index (χ2v) is 4.04. The lowest BCUT2D eigenvalue weighted by molar-refractivity contribution is 0.404. The van der Waals surface area contributed by atoms with E-state index >= 15 is 0 Å². The maximum Gasteiger partial charge on any atom is 0.134 e. The largest absolute Gasteiger partial charge is 0.496 e. The van der Waals surface area contributed by atoms with Crippen molar-refractivity contribution >= 4 is 11.9 Å². The molecular weight excluding hydrogens is 170 g/mol. The Morgan fingerprint density at radius 2 is 2.33 bits per heavy atom. The third-order valence-corrected chi connectivity index (χ3v) is 3.01. The number of rotatable bonds is 1. The number of methoxy groups -OCH3 is 1. The fraction of sp³-hybridized carbons (Fsp3) is 0.333. The number of ether oxygens (including phenoxy) is 1. The van der Waals surface area contributed by atoms with Crippen molar-refractivity contribution in [1.29, 1.82) is 0 Å². The van der Waals surface area contributed by atoms with Gasteiger partial charge in [0.15, 0.2) is 0 Å². The van der Waals surface area contributed by atoms with Crippen LogP contribution in [0.25, 0.3) is 0 Å². The van der Waals surface area contributed by atoms with Crippen LogP contribution in [-0.2, 0) is 6.54 Å². The molecule has 1 aromatic rings. The second-order valence-electron chi connectivity index (χ2n) is 2.83. The number of hydrogen-bond acceptors (Lipinski definition) is 3. The number of benzene rings is 1. The van der Waals surface area contributed by atoms with Crippen molar-refractivity contribution in [3.63, 3.8) is 0 Å². The van der Waals surface area contributed by atoms with E-state index in [0.29, 0.717) is 0 Å². The summed E-state index contributed by atoms with van der Waals surface area (Å²) in [5.41, 5.74) is 1.36. The molecule has 0 bridgehead atoms. The van der Waals surface area contributed by atoms with Crippen molar-refractivity contribution in [2.45, 2.75) is 11.4 Å². The van der Waals surface area contributed by atoms with Crippen LogP contribution in [0.3, 0.4) is 0 Å². The third-order valence-electron chi connectivity index (χ3n) is 1.92. The first-order chi connectivity index (χ1) is 5.81. The van der Waals surface area contributed by atoms with Crippen LogP contribution in [0.1, 0.15) is 5.56 Å². The smallest absolute Gasteiger partial charge is 0.134 e. The monoisotopic (exact) mass is 181 g/mol. The predicted octanol–water partition coefficient (Wildman–Crippen LogP) is 2.15. The predicted molar refractivity (Wildman–Crippen MR) is 50.3 cm³/mol. The molecular formula is C9H11NOS. The third kappa shape index (κ3) is 1.19. The molecule has 3 heteroatoms. The van der Waals surface area contributed by atoms with Crippen LogP contribution in [-0.4, -0.2) is 18.5 Å². The summed E-state index contributed by atoms with van der Waals surface area (Å²) in [6.45, 7) is 1.01. The molecule has 0 fully saturated rings. The van der Waals surface area contributed by atoms with Crippen LogP contribution in [0, 0.1) is 0 Å². The van der Waals surface area contributed by atoms with Crippen molar-refractivity contribution in [2.24, 2.45) is 0 Å². The van der Waals surface area contributed by atoms with Gasteiger partial charge in [0.05, 0.1) is 12.0 Å². The molecule has 0 radical (unpaired) electrons. The van der Waals surface area contributed by atoms with Crippen LogP contribution in [0.2, 0.25) is 0 Å². The molecule has 1 aliphatic rings. The van der Waals surface area contributed by atoms with Crippen molar-refractivity contribution < 1.29 is 4.74 Å². The topological polar surface area (TPSA) is 12.5 Å². The maximum atomic E-state index is 5.26. The Morgan fingerprint density at radius 3 is 3.08 bits per heavy atom. The van der Waals surface area contributed by atoms with Crippen LogP contribution < -0.4 is 4.74 Å². The van der Waals surface area contributed by atoms with Gasteiger partial charge in [-0.1, -0.05) is 12.1 Å². The van der Waals surface area contributed by atoms with Gasteiger partial charge in [-0.3, -0.25) is 0 Å². The van der Waals surface area contributed by atoms with Crippen LogP contribution in [0.15, 0.2) is 23.1 Å². The lowest BCUT2D eigenvalue weighted by Crippen LogP contribution is -1.99. The van der Waals surface area contributed by atoms with Crippen LogP contribution in [0.5, 0.6) is 5.75 Å². The highest BCUT2D eigenvalue weighted by Gasteiger charge is 2.19. The second kappa shape index (κ2) is 2.99. The minimum absolute atomic E-state index is 0.988. The minimum atomic E-state index is 0.988. The Kier molecular flexibility index (Phi) is 1.98. The van der Waals surface area contributed by atoms with E-state index in [4.69, 9.17) is 4.74 Å². The summed E-state index contributed by atoms with van der Waals surface area (Å²) in [6, 6.07) is 6.19. The molecule has 0 saturated carbocycles. The van der Waals surface area contributed by atoms with E-state index < -0.39 is 0 Å². The Labute approximate surface area is 76.7 Å². The first-order valence-electron chi connectivity index (χ1n) is 3.86. The van der Waals surface area contributed by atoms with E-state index in [1.807, 2.05) is 12.1 Å². The van der Waals surface area contributed by atoms with Crippen molar-refractivity contribution in [3.05, 3.63) is 23.8 Å². The van der Waals surface area contributed by atoms with Gasteiger partial charge in [0.2, 0.25) is 0 Å². The van der Waals surface area contributed by atoms with Crippen molar-refractivity contribution in [3.8, 4) is 5.75 Å². The fourth-order valence-corrected chi connectivity index (χ4v) is 2.38. The molecule has 0 aromatic heterocycles. The summed E-state index contributed by atoms with van der Waals surface area (Å²) in [4.78, 5) is 1.27. The van der Waals surface area contributed by atoms with Gasteiger partial charge in [0.1, 0.15) is 5.75 Å². The van der Waals surface area contributed by atoms with E-state index in [2.05, 4.69) is 17.4 Å². The Balaban J connectivity index is 2.44. The first-order valence-corrected chi connectivity index (χ1v) is 4.63. The van der Waals surface area contributed by atoms with Gasteiger partial charge in [0, 0.05) is 6.54 Å². The van der Waals surface area contributed by atoms with E-state index in [-0.39, 0.29) is 0 Å². The molecule has 64 valence electrons. The van der Waals surface area contributed by atoms with Gasteiger partial charge in [-0.2, -0.15) is 0 Å². The molecule has 0 atom stereocenters. The van der Waals surface area contributed by atoms with E-state index in [1.165, 1.54) is 10.5 Å². The minimum Gasteiger partial charge on any atom is -0.496 e.